The molecule has 0 amide bonds. The van der Waals surface area contributed by atoms with E-state index >= 15 is 0 Å². The number of rotatable bonds is 1. The summed E-state index contributed by atoms with van der Waals surface area (Å²) in [5, 5.41) is 10.3. The largest absolute Gasteiger partial charge is 0.397 e. The second kappa shape index (κ2) is 6.67. The summed E-state index contributed by atoms with van der Waals surface area (Å²) in [4.78, 5) is 16.9. The highest BCUT2D eigenvalue weighted by Crippen LogP contribution is 2.17. The lowest BCUT2D eigenvalue weighted by Crippen LogP contribution is -1.99. The van der Waals surface area contributed by atoms with Crippen molar-refractivity contribution in [2.45, 2.75) is 13.8 Å². The molecular weight excluding hydrogens is 282 g/mol. The van der Waals surface area contributed by atoms with Gasteiger partial charge in [0.15, 0.2) is 0 Å². The first-order valence-corrected chi connectivity index (χ1v) is 5.93. The van der Waals surface area contributed by atoms with E-state index in [4.69, 9.17) is 23.1 Å². The van der Waals surface area contributed by atoms with Gasteiger partial charge in [-0.15, -0.1) is 0 Å². The highest BCUT2D eigenvalue weighted by atomic mass is 35.5. The van der Waals surface area contributed by atoms with Crippen LogP contribution in [0.15, 0.2) is 24.5 Å². The van der Waals surface area contributed by atoms with Crippen molar-refractivity contribution in [3.8, 4) is 0 Å². The first-order valence-electron chi connectivity index (χ1n) is 5.56. The average Bonchev–Trinajstić information content (AvgIpc) is 2.42. The van der Waals surface area contributed by atoms with E-state index in [-0.39, 0.29) is 10.8 Å². The smallest absolute Gasteiger partial charge is 0.287 e. The molecule has 2 rings (SSSR count). The van der Waals surface area contributed by atoms with Gasteiger partial charge in [-0.3, -0.25) is 10.1 Å². The van der Waals surface area contributed by atoms with Gasteiger partial charge >= 0.3 is 0 Å². The molecule has 2 aromatic heterocycles. The van der Waals surface area contributed by atoms with Crippen molar-refractivity contribution in [1.82, 2.24) is 9.97 Å². The van der Waals surface area contributed by atoms with Crippen LogP contribution in [0.25, 0.3) is 0 Å². The fraction of sp³-hybridized carbons (Fsp3) is 0.167. The molecule has 0 aromatic carbocycles. The van der Waals surface area contributed by atoms with Crippen LogP contribution in [-0.4, -0.2) is 14.9 Å². The molecule has 2 heterocycles. The molecular formula is C12H14ClN5O2. The summed E-state index contributed by atoms with van der Waals surface area (Å²) in [6.07, 6.45) is 2.69. The van der Waals surface area contributed by atoms with E-state index in [1.54, 1.807) is 6.20 Å². The maximum Gasteiger partial charge on any atom is 0.287 e. The molecule has 8 heteroatoms. The summed E-state index contributed by atoms with van der Waals surface area (Å²) in [5.74, 6) is 0.562. The fourth-order valence-electron chi connectivity index (χ4n) is 1.22. The van der Waals surface area contributed by atoms with Gasteiger partial charge in [-0.25, -0.2) is 9.97 Å². The van der Waals surface area contributed by atoms with Crippen molar-refractivity contribution in [3.63, 3.8) is 0 Å². The van der Waals surface area contributed by atoms with Crippen molar-refractivity contribution < 1.29 is 4.92 Å². The Balaban J connectivity index is 0.000000200. The van der Waals surface area contributed by atoms with Gasteiger partial charge in [0, 0.05) is 6.07 Å². The van der Waals surface area contributed by atoms with Crippen molar-refractivity contribution in [2.75, 3.05) is 11.5 Å². The van der Waals surface area contributed by atoms with Crippen molar-refractivity contribution in [2.24, 2.45) is 0 Å². The Kier molecular flexibility index (Phi) is 5.22. The zero-order valence-electron chi connectivity index (χ0n) is 11.0. The van der Waals surface area contributed by atoms with E-state index in [0.717, 1.165) is 17.3 Å². The normalized spacial score (nSPS) is 9.55. The lowest BCUT2D eigenvalue weighted by atomic mass is 10.1. The maximum atomic E-state index is 10.0. The first-order chi connectivity index (χ1) is 9.32. The summed E-state index contributed by atoms with van der Waals surface area (Å²) >= 11 is 5.38. The SMILES string of the molecule is Cc1c(N)cnc(N)c1C.O=[N+]([O-])c1ccc(Cl)nc1. The summed E-state index contributed by atoms with van der Waals surface area (Å²) < 4.78 is 0. The van der Waals surface area contributed by atoms with Crippen LogP contribution in [0.5, 0.6) is 0 Å². The Bertz CT molecular complexity index is 589. The standard InChI is InChI=1S/C7H11N3.C5H3ClN2O2/c1-4-5(2)7(9)10-3-6(4)8;6-5-2-1-4(3-7-5)8(9)10/h3H,8H2,1-2H3,(H2,9,10);1-3H. The second-order valence-electron chi connectivity index (χ2n) is 3.95. The fourth-order valence-corrected chi connectivity index (χ4v) is 1.33. The Morgan fingerprint density at radius 2 is 1.80 bits per heavy atom. The lowest BCUT2D eigenvalue weighted by Gasteiger charge is -2.04. The molecule has 106 valence electrons. The third-order valence-corrected chi connectivity index (χ3v) is 2.87. The molecule has 7 nitrogen and oxygen atoms in total. The van der Waals surface area contributed by atoms with Crippen LogP contribution in [-0.2, 0) is 0 Å². The lowest BCUT2D eigenvalue weighted by molar-refractivity contribution is -0.385. The van der Waals surface area contributed by atoms with Crippen molar-refractivity contribution >= 4 is 28.8 Å². The molecule has 20 heavy (non-hydrogen) atoms. The Morgan fingerprint density at radius 3 is 2.25 bits per heavy atom. The highest BCUT2D eigenvalue weighted by Gasteiger charge is 2.02. The number of nitrogen functional groups attached to an aromatic ring is 2. The van der Waals surface area contributed by atoms with E-state index in [1.165, 1.54) is 12.1 Å². The summed E-state index contributed by atoms with van der Waals surface area (Å²) in [5.41, 5.74) is 13.7. The predicted octanol–water partition coefficient (Wildman–Crippen LogP) is 2.51. The Morgan fingerprint density at radius 1 is 1.15 bits per heavy atom. The summed E-state index contributed by atoms with van der Waals surface area (Å²) in [6, 6.07) is 2.68. The number of hydrogen-bond acceptors (Lipinski definition) is 6. The van der Waals surface area contributed by atoms with Gasteiger partial charge in [-0.2, -0.15) is 0 Å². The molecule has 0 aliphatic rings. The Labute approximate surface area is 120 Å². The molecule has 4 N–H and O–H groups in total. The van der Waals surface area contributed by atoms with Crippen LogP contribution >= 0.6 is 11.6 Å². The van der Waals surface area contributed by atoms with E-state index in [9.17, 15) is 10.1 Å². The predicted molar refractivity (Wildman–Crippen MR) is 78.4 cm³/mol. The monoisotopic (exact) mass is 295 g/mol. The molecule has 0 radical (unpaired) electrons. The van der Waals surface area contributed by atoms with Gasteiger partial charge < -0.3 is 11.5 Å². The molecule has 0 fully saturated rings. The molecule has 0 saturated heterocycles. The van der Waals surface area contributed by atoms with E-state index < -0.39 is 4.92 Å². The number of nitrogens with zero attached hydrogens (tertiary/aromatic N) is 3. The summed E-state index contributed by atoms with van der Waals surface area (Å²) in [6.45, 7) is 3.84. The van der Waals surface area contributed by atoms with Crippen LogP contribution in [0, 0.1) is 24.0 Å². The van der Waals surface area contributed by atoms with Gasteiger partial charge in [0.2, 0.25) is 0 Å². The minimum Gasteiger partial charge on any atom is -0.397 e. The van der Waals surface area contributed by atoms with Crippen LogP contribution in [0.4, 0.5) is 17.2 Å². The van der Waals surface area contributed by atoms with Gasteiger partial charge in [0.05, 0.1) is 16.8 Å². The van der Waals surface area contributed by atoms with Crippen molar-refractivity contribution in [3.05, 3.63) is 50.9 Å². The molecule has 0 unspecified atom stereocenters. The number of nitrogens with two attached hydrogens (primary N) is 2. The first kappa shape index (κ1) is 15.6. The molecule has 0 aliphatic heterocycles. The maximum absolute atomic E-state index is 10.0. The van der Waals surface area contributed by atoms with Gasteiger partial charge in [-0.05, 0) is 31.0 Å². The zero-order chi connectivity index (χ0) is 15.3. The van der Waals surface area contributed by atoms with E-state index in [0.29, 0.717) is 11.5 Å². The molecule has 2 aromatic rings. The number of nitro groups is 1. The number of halogens is 1. The van der Waals surface area contributed by atoms with E-state index in [2.05, 4.69) is 9.97 Å². The van der Waals surface area contributed by atoms with Gasteiger partial charge in [0.1, 0.15) is 17.2 Å². The highest BCUT2D eigenvalue weighted by molar-refractivity contribution is 6.29. The minimum atomic E-state index is -0.524. The van der Waals surface area contributed by atoms with Crippen LogP contribution in [0.3, 0.4) is 0 Å². The molecule has 0 bridgehead atoms. The van der Waals surface area contributed by atoms with Crippen LogP contribution < -0.4 is 11.5 Å². The quantitative estimate of drug-likeness (QED) is 0.473. The zero-order valence-corrected chi connectivity index (χ0v) is 11.8. The second-order valence-corrected chi connectivity index (χ2v) is 4.33. The van der Waals surface area contributed by atoms with Crippen molar-refractivity contribution in [1.29, 1.82) is 0 Å². The number of aromatic nitrogens is 2. The van der Waals surface area contributed by atoms with Crippen LogP contribution in [0.1, 0.15) is 11.1 Å². The van der Waals surface area contributed by atoms with Gasteiger partial charge in [0.25, 0.3) is 5.69 Å². The topological polar surface area (TPSA) is 121 Å². The molecule has 0 aliphatic carbocycles. The third-order valence-electron chi connectivity index (χ3n) is 2.65. The number of pyridine rings is 2. The Hall–Kier alpha value is -2.41. The number of hydrogen-bond donors (Lipinski definition) is 2. The van der Waals surface area contributed by atoms with Gasteiger partial charge in [-0.1, -0.05) is 11.6 Å². The third kappa shape index (κ3) is 4.06. The molecule has 0 atom stereocenters. The molecule has 0 saturated carbocycles. The average molecular weight is 296 g/mol. The minimum absolute atomic E-state index is 0.0515. The number of anilines is 2. The summed E-state index contributed by atoms with van der Waals surface area (Å²) in [7, 11) is 0. The molecule has 0 spiro atoms. The van der Waals surface area contributed by atoms with Crippen LogP contribution in [0.2, 0.25) is 5.15 Å². The van der Waals surface area contributed by atoms with E-state index in [1.807, 2.05) is 13.8 Å².